The quantitative estimate of drug-likeness (QED) is 0.660. The summed E-state index contributed by atoms with van der Waals surface area (Å²) in [5.41, 5.74) is 0. The molecule has 0 aliphatic rings. The molecule has 0 amide bonds. The Hall–Kier alpha value is -1.30. The molecule has 0 bridgehead atoms. The standard InChI is InChI=1S/C13H21N3/c1-3-4-5-6-7-8-12(11-14)13-15-9-10-16(13)2/h9-10,12H,3-8H2,1-2H3. The molecule has 0 spiro atoms. The molecule has 1 heterocycles. The third kappa shape index (κ3) is 3.69. The lowest BCUT2D eigenvalue weighted by molar-refractivity contribution is 0.570. The second-order valence-electron chi connectivity index (χ2n) is 4.28. The molecule has 88 valence electrons. The molecule has 1 unspecified atom stereocenters. The van der Waals surface area contributed by atoms with Crippen LogP contribution in [-0.2, 0) is 7.05 Å². The molecule has 1 aromatic rings. The minimum Gasteiger partial charge on any atom is -0.337 e. The van der Waals surface area contributed by atoms with Crippen LogP contribution in [0.2, 0.25) is 0 Å². The third-order valence-electron chi connectivity index (χ3n) is 2.92. The number of aromatic nitrogens is 2. The molecule has 1 rings (SSSR count). The van der Waals surface area contributed by atoms with Crippen molar-refractivity contribution in [3.8, 4) is 6.07 Å². The molecule has 0 aliphatic heterocycles. The van der Waals surface area contributed by atoms with Gasteiger partial charge in [0.05, 0.1) is 6.07 Å². The summed E-state index contributed by atoms with van der Waals surface area (Å²) in [6.45, 7) is 2.21. The van der Waals surface area contributed by atoms with Gasteiger partial charge in [0.15, 0.2) is 0 Å². The summed E-state index contributed by atoms with van der Waals surface area (Å²) in [6, 6.07) is 2.35. The van der Waals surface area contributed by atoms with Gasteiger partial charge >= 0.3 is 0 Å². The van der Waals surface area contributed by atoms with Crippen LogP contribution in [0.3, 0.4) is 0 Å². The summed E-state index contributed by atoms with van der Waals surface area (Å²) in [7, 11) is 1.95. The smallest absolute Gasteiger partial charge is 0.125 e. The highest BCUT2D eigenvalue weighted by molar-refractivity contribution is 5.09. The number of unbranched alkanes of at least 4 members (excludes halogenated alkanes) is 4. The van der Waals surface area contributed by atoms with E-state index in [4.69, 9.17) is 5.26 Å². The van der Waals surface area contributed by atoms with Crippen LogP contribution in [0.5, 0.6) is 0 Å². The number of aryl methyl sites for hydroxylation is 1. The molecule has 1 aromatic heterocycles. The first-order valence-electron chi connectivity index (χ1n) is 6.16. The van der Waals surface area contributed by atoms with E-state index in [2.05, 4.69) is 18.0 Å². The molecule has 0 N–H and O–H groups in total. The predicted octanol–water partition coefficient (Wildman–Crippen LogP) is 3.39. The van der Waals surface area contributed by atoms with Gasteiger partial charge in [-0.25, -0.2) is 4.98 Å². The lowest BCUT2D eigenvalue weighted by Gasteiger charge is -2.08. The predicted molar refractivity (Wildman–Crippen MR) is 64.9 cm³/mol. The van der Waals surface area contributed by atoms with E-state index < -0.39 is 0 Å². The molecule has 0 saturated heterocycles. The van der Waals surface area contributed by atoms with Crippen LogP contribution in [-0.4, -0.2) is 9.55 Å². The first kappa shape index (κ1) is 12.8. The Morgan fingerprint density at radius 2 is 2.12 bits per heavy atom. The molecule has 3 heteroatoms. The van der Waals surface area contributed by atoms with E-state index in [1.165, 1.54) is 25.7 Å². The van der Waals surface area contributed by atoms with E-state index in [-0.39, 0.29) is 5.92 Å². The third-order valence-corrected chi connectivity index (χ3v) is 2.92. The Balaban J connectivity index is 2.34. The zero-order valence-corrected chi connectivity index (χ0v) is 10.3. The van der Waals surface area contributed by atoms with Crippen LogP contribution in [0, 0.1) is 11.3 Å². The summed E-state index contributed by atoms with van der Waals surface area (Å²) in [5.74, 6) is 0.861. The second kappa shape index (κ2) is 7.05. The van der Waals surface area contributed by atoms with Crippen molar-refractivity contribution >= 4 is 0 Å². The zero-order valence-electron chi connectivity index (χ0n) is 10.3. The Labute approximate surface area is 98.1 Å². The molecule has 0 fully saturated rings. The van der Waals surface area contributed by atoms with E-state index in [0.29, 0.717) is 0 Å². The van der Waals surface area contributed by atoms with Crippen molar-refractivity contribution in [2.75, 3.05) is 0 Å². The summed E-state index contributed by atoms with van der Waals surface area (Å²) >= 11 is 0. The molecule has 0 aliphatic carbocycles. The fourth-order valence-corrected chi connectivity index (χ4v) is 1.92. The molecule has 0 saturated carbocycles. The highest BCUT2D eigenvalue weighted by Crippen LogP contribution is 2.20. The van der Waals surface area contributed by atoms with Crippen LogP contribution >= 0.6 is 0 Å². The molecular weight excluding hydrogens is 198 g/mol. The van der Waals surface area contributed by atoms with Crippen molar-refractivity contribution < 1.29 is 0 Å². The Kier molecular flexibility index (Phi) is 5.63. The van der Waals surface area contributed by atoms with Crippen molar-refractivity contribution in [2.24, 2.45) is 7.05 Å². The molecular formula is C13H21N3. The lowest BCUT2D eigenvalue weighted by atomic mass is 10.0. The van der Waals surface area contributed by atoms with Gasteiger partial charge in [-0.1, -0.05) is 39.0 Å². The fraction of sp³-hybridized carbons (Fsp3) is 0.692. The van der Waals surface area contributed by atoms with Crippen molar-refractivity contribution in [1.29, 1.82) is 5.26 Å². The van der Waals surface area contributed by atoms with E-state index in [9.17, 15) is 0 Å². The van der Waals surface area contributed by atoms with Gasteiger partial charge in [0.25, 0.3) is 0 Å². The van der Waals surface area contributed by atoms with Crippen molar-refractivity contribution in [1.82, 2.24) is 9.55 Å². The Bertz CT molecular complexity index is 335. The van der Waals surface area contributed by atoms with Gasteiger partial charge in [-0.2, -0.15) is 5.26 Å². The maximum absolute atomic E-state index is 9.12. The summed E-state index contributed by atoms with van der Waals surface area (Å²) in [4.78, 5) is 4.24. The van der Waals surface area contributed by atoms with Crippen LogP contribution in [0.15, 0.2) is 12.4 Å². The van der Waals surface area contributed by atoms with Crippen molar-refractivity contribution in [3.63, 3.8) is 0 Å². The normalized spacial score (nSPS) is 12.3. The van der Waals surface area contributed by atoms with Gasteiger partial charge in [0, 0.05) is 19.4 Å². The number of imidazole rings is 1. The first-order valence-corrected chi connectivity index (χ1v) is 6.16. The van der Waals surface area contributed by atoms with Crippen molar-refractivity contribution in [2.45, 2.75) is 51.4 Å². The molecule has 16 heavy (non-hydrogen) atoms. The highest BCUT2D eigenvalue weighted by Gasteiger charge is 2.14. The lowest BCUT2D eigenvalue weighted by Crippen LogP contribution is -2.04. The highest BCUT2D eigenvalue weighted by atomic mass is 15.0. The van der Waals surface area contributed by atoms with Crippen LogP contribution in [0.25, 0.3) is 0 Å². The average Bonchev–Trinajstić information content (AvgIpc) is 2.70. The van der Waals surface area contributed by atoms with Crippen LogP contribution in [0.1, 0.15) is 57.2 Å². The topological polar surface area (TPSA) is 41.6 Å². The van der Waals surface area contributed by atoms with Crippen LogP contribution < -0.4 is 0 Å². The zero-order chi connectivity index (χ0) is 11.8. The monoisotopic (exact) mass is 219 g/mol. The molecule has 0 aromatic carbocycles. The maximum Gasteiger partial charge on any atom is 0.125 e. The SMILES string of the molecule is CCCCCCCC(C#N)c1nccn1C. The second-order valence-corrected chi connectivity index (χ2v) is 4.28. The van der Waals surface area contributed by atoms with E-state index in [1.807, 2.05) is 17.8 Å². The number of rotatable bonds is 7. The van der Waals surface area contributed by atoms with E-state index in [0.717, 1.165) is 18.7 Å². The summed E-state index contributed by atoms with van der Waals surface area (Å²) in [5, 5.41) is 9.12. The minimum absolute atomic E-state index is 0.0402. The Morgan fingerprint density at radius 3 is 2.69 bits per heavy atom. The van der Waals surface area contributed by atoms with Gasteiger partial charge < -0.3 is 4.57 Å². The molecule has 1 atom stereocenters. The number of hydrogen-bond donors (Lipinski definition) is 0. The van der Waals surface area contributed by atoms with E-state index >= 15 is 0 Å². The van der Waals surface area contributed by atoms with Crippen molar-refractivity contribution in [3.05, 3.63) is 18.2 Å². The first-order chi connectivity index (χ1) is 7.79. The van der Waals surface area contributed by atoms with Gasteiger partial charge in [0.2, 0.25) is 0 Å². The van der Waals surface area contributed by atoms with Gasteiger partial charge in [-0.15, -0.1) is 0 Å². The minimum atomic E-state index is -0.0402. The van der Waals surface area contributed by atoms with Gasteiger partial charge in [0.1, 0.15) is 11.7 Å². The number of hydrogen-bond acceptors (Lipinski definition) is 2. The summed E-state index contributed by atoms with van der Waals surface area (Å²) in [6.07, 6.45) is 10.8. The van der Waals surface area contributed by atoms with Gasteiger partial charge in [-0.3, -0.25) is 0 Å². The van der Waals surface area contributed by atoms with Gasteiger partial charge in [-0.05, 0) is 6.42 Å². The molecule has 0 radical (unpaired) electrons. The fourth-order valence-electron chi connectivity index (χ4n) is 1.92. The number of nitriles is 1. The average molecular weight is 219 g/mol. The molecule has 3 nitrogen and oxygen atoms in total. The maximum atomic E-state index is 9.12. The number of nitrogens with zero attached hydrogens (tertiary/aromatic N) is 3. The summed E-state index contributed by atoms with van der Waals surface area (Å²) < 4.78 is 1.94. The van der Waals surface area contributed by atoms with Crippen LogP contribution in [0.4, 0.5) is 0 Å². The largest absolute Gasteiger partial charge is 0.337 e. The van der Waals surface area contributed by atoms with E-state index in [1.54, 1.807) is 6.20 Å². The Morgan fingerprint density at radius 1 is 1.38 bits per heavy atom.